The summed E-state index contributed by atoms with van der Waals surface area (Å²) in [6, 6.07) is 0. The predicted molar refractivity (Wildman–Crippen MR) is 85.5 cm³/mol. The van der Waals surface area contributed by atoms with E-state index in [4.69, 9.17) is 4.74 Å². The lowest BCUT2D eigenvalue weighted by molar-refractivity contribution is -0.114. The third-order valence-electron chi connectivity index (χ3n) is 2.33. The van der Waals surface area contributed by atoms with Gasteiger partial charge in [0, 0.05) is 6.92 Å². The number of nitrogens with zero attached hydrogens (tertiary/aromatic N) is 3. The first-order valence-corrected chi connectivity index (χ1v) is 8.90. The zero-order valence-electron chi connectivity index (χ0n) is 12.0. The largest absolute Gasteiger partial charge is 0.755 e. The second-order valence-corrected chi connectivity index (χ2v) is 6.56. The molecule has 124 valence electrons. The van der Waals surface area contributed by atoms with Gasteiger partial charge in [0.2, 0.25) is 5.91 Å². The normalized spacial score (nSPS) is 11.8. The van der Waals surface area contributed by atoms with Crippen LogP contribution in [0.1, 0.15) is 24.3 Å². The molecule has 2 aromatic heterocycles. The molecule has 0 spiro atoms. The Morgan fingerprint density at radius 3 is 2.83 bits per heavy atom. The van der Waals surface area contributed by atoms with Crippen LogP contribution in [0.5, 0.6) is 0 Å². The molecular weight excluding hydrogens is 364 g/mol. The van der Waals surface area contributed by atoms with E-state index >= 15 is 0 Å². The van der Waals surface area contributed by atoms with Gasteiger partial charge in [0.05, 0.1) is 29.6 Å². The summed E-state index contributed by atoms with van der Waals surface area (Å²) < 4.78 is 29.0. The Morgan fingerprint density at radius 1 is 1.48 bits per heavy atom. The Labute approximate surface area is 141 Å². The highest BCUT2D eigenvalue weighted by molar-refractivity contribution is 7.81. The summed E-state index contributed by atoms with van der Waals surface area (Å²) in [5.74, 6) is -1.04. The number of amides is 1. The molecule has 0 radical (unpaired) electrons. The number of hydrogen-bond acceptors (Lipinski definition) is 9. The maximum Gasteiger partial charge on any atom is 0.360 e. The van der Waals surface area contributed by atoms with Crippen LogP contribution in [-0.4, -0.2) is 37.2 Å². The summed E-state index contributed by atoms with van der Waals surface area (Å²) in [5.41, 5.74) is 1.24. The SMILES string of the molecule is CCOC(=O)c1ncsc1N(c1cnc(NC(C)=O)s1)S(=O)[O-]. The van der Waals surface area contributed by atoms with Crippen molar-refractivity contribution in [1.82, 2.24) is 9.97 Å². The minimum atomic E-state index is -2.71. The fourth-order valence-electron chi connectivity index (χ4n) is 1.53. The molecule has 2 aromatic rings. The molecule has 0 aromatic carbocycles. The number of carbonyl (C=O) groups is 2. The molecule has 1 atom stereocenters. The molecule has 0 fully saturated rings. The first-order valence-electron chi connectivity index (χ1n) is 6.17. The molecule has 2 rings (SSSR count). The molecule has 12 heteroatoms. The van der Waals surface area contributed by atoms with E-state index in [9.17, 15) is 18.4 Å². The highest BCUT2D eigenvalue weighted by Gasteiger charge is 2.24. The average molecular weight is 375 g/mol. The molecule has 2 heterocycles. The van der Waals surface area contributed by atoms with Crippen LogP contribution in [0.4, 0.5) is 15.1 Å². The number of rotatable bonds is 6. The molecule has 1 unspecified atom stereocenters. The number of thiazole rings is 2. The molecule has 0 aliphatic carbocycles. The Hall–Kier alpha value is -1.89. The number of anilines is 3. The third-order valence-corrected chi connectivity index (χ3v) is 4.94. The smallest absolute Gasteiger partial charge is 0.360 e. The van der Waals surface area contributed by atoms with Gasteiger partial charge in [0.1, 0.15) is 10.0 Å². The molecule has 9 nitrogen and oxygen atoms in total. The lowest BCUT2D eigenvalue weighted by Gasteiger charge is -2.22. The monoisotopic (exact) mass is 375 g/mol. The first kappa shape index (κ1) is 17.5. The zero-order chi connectivity index (χ0) is 17.0. The topological polar surface area (TPSA) is 125 Å². The number of nitrogens with one attached hydrogen (secondary N) is 1. The van der Waals surface area contributed by atoms with Crippen LogP contribution in [0.2, 0.25) is 0 Å². The van der Waals surface area contributed by atoms with Crippen molar-refractivity contribution < 1.29 is 23.1 Å². The molecular formula is C11H11N4O5S3-. The first-order chi connectivity index (χ1) is 10.9. The minimum Gasteiger partial charge on any atom is -0.755 e. The van der Waals surface area contributed by atoms with Crippen molar-refractivity contribution in [2.24, 2.45) is 0 Å². The number of carbonyl (C=O) groups excluding carboxylic acids is 2. The van der Waals surface area contributed by atoms with Crippen LogP contribution in [0.3, 0.4) is 0 Å². The number of ether oxygens (including phenoxy) is 1. The summed E-state index contributed by atoms with van der Waals surface area (Å²) >= 11 is -0.793. The van der Waals surface area contributed by atoms with E-state index in [1.807, 2.05) is 0 Å². The fraction of sp³-hybridized carbons (Fsp3) is 0.273. The highest BCUT2D eigenvalue weighted by atomic mass is 32.2. The van der Waals surface area contributed by atoms with E-state index < -0.39 is 17.2 Å². The number of aromatic nitrogens is 2. The van der Waals surface area contributed by atoms with Gasteiger partial charge < -0.3 is 14.6 Å². The molecule has 0 saturated carbocycles. The Bertz CT molecular complexity index is 744. The van der Waals surface area contributed by atoms with Gasteiger partial charge in [-0.2, -0.15) is 0 Å². The standard InChI is InChI=1S/C11H12N4O5S3/c1-3-20-10(17)8-9(21-5-13-8)15(23(18)19)7-4-12-11(22-7)14-6(2)16/h4-5H,3H2,1-2H3,(H,18,19)(H,12,14,16)/p-1. The van der Waals surface area contributed by atoms with Crippen LogP contribution in [0.15, 0.2) is 11.7 Å². The molecule has 23 heavy (non-hydrogen) atoms. The molecule has 0 aliphatic rings. The fourth-order valence-corrected chi connectivity index (χ4v) is 4.09. The second kappa shape index (κ2) is 7.59. The van der Waals surface area contributed by atoms with Crippen LogP contribution in [0.25, 0.3) is 0 Å². The van der Waals surface area contributed by atoms with E-state index in [1.165, 1.54) is 18.6 Å². The van der Waals surface area contributed by atoms with E-state index in [0.29, 0.717) is 0 Å². The van der Waals surface area contributed by atoms with Crippen molar-refractivity contribution in [2.45, 2.75) is 13.8 Å². The van der Waals surface area contributed by atoms with E-state index in [-0.39, 0.29) is 33.3 Å². The number of hydrogen-bond donors (Lipinski definition) is 1. The summed E-state index contributed by atoms with van der Waals surface area (Å²) in [4.78, 5) is 30.7. The van der Waals surface area contributed by atoms with Crippen LogP contribution in [-0.2, 0) is 20.8 Å². The Morgan fingerprint density at radius 2 is 2.22 bits per heavy atom. The van der Waals surface area contributed by atoms with E-state index in [0.717, 1.165) is 27.0 Å². The van der Waals surface area contributed by atoms with Gasteiger partial charge in [0.15, 0.2) is 10.8 Å². The van der Waals surface area contributed by atoms with Gasteiger partial charge in [-0.05, 0) is 6.92 Å². The van der Waals surface area contributed by atoms with Crippen molar-refractivity contribution in [2.75, 3.05) is 16.2 Å². The summed E-state index contributed by atoms with van der Waals surface area (Å²) in [6.07, 6.45) is 1.28. The van der Waals surface area contributed by atoms with Gasteiger partial charge >= 0.3 is 5.97 Å². The highest BCUT2D eigenvalue weighted by Crippen LogP contribution is 2.37. The van der Waals surface area contributed by atoms with Crippen molar-refractivity contribution in [3.63, 3.8) is 0 Å². The molecule has 0 bridgehead atoms. The average Bonchev–Trinajstić information content (AvgIpc) is 3.08. The summed E-state index contributed by atoms with van der Waals surface area (Å²) in [7, 11) is 0. The Balaban J connectivity index is 2.38. The van der Waals surface area contributed by atoms with Crippen molar-refractivity contribution >= 4 is 61.0 Å². The van der Waals surface area contributed by atoms with Gasteiger partial charge in [-0.1, -0.05) is 11.3 Å². The molecule has 1 N–H and O–H groups in total. The van der Waals surface area contributed by atoms with Crippen LogP contribution >= 0.6 is 22.7 Å². The van der Waals surface area contributed by atoms with Gasteiger partial charge in [-0.3, -0.25) is 9.00 Å². The van der Waals surface area contributed by atoms with Gasteiger partial charge in [-0.25, -0.2) is 19.1 Å². The third kappa shape index (κ3) is 4.10. The lowest BCUT2D eigenvalue weighted by Crippen LogP contribution is -2.20. The van der Waals surface area contributed by atoms with Crippen LogP contribution < -0.4 is 9.62 Å². The van der Waals surface area contributed by atoms with Crippen molar-refractivity contribution in [1.29, 1.82) is 0 Å². The molecule has 0 saturated heterocycles. The maximum atomic E-state index is 11.9. The quantitative estimate of drug-likeness (QED) is 0.601. The molecule has 0 aliphatic heterocycles. The minimum absolute atomic E-state index is 0.0924. The molecule has 1 amide bonds. The predicted octanol–water partition coefficient (Wildman–Crippen LogP) is 1.67. The summed E-state index contributed by atoms with van der Waals surface area (Å²) in [6.45, 7) is 3.09. The van der Waals surface area contributed by atoms with Crippen molar-refractivity contribution in [3.8, 4) is 0 Å². The number of esters is 1. The summed E-state index contributed by atoms with van der Waals surface area (Å²) in [5, 5.41) is 3.00. The maximum absolute atomic E-state index is 11.9. The zero-order valence-corrected chi connectivity index (χ0v) is 14.4. The van der Waals surface area contributed by atoms with Crippen molar-refractivity contribution in [3.05, 3.63) is 17.4 Å². The van der Waals surface area contributed by atoms with Gasteiger partial charge in [-0.15, -0.1) is 11.3 Å². The van der Waals surface area contributed by atoms with Crippen LogP contribution in [0, 0.1) is 0 Å². The van der Waals surface area contributed by atoms with Gasteiger partial charge in [0.25, 0.3) is 0 Å². The lowest BCUT2D eigenvalue weighted by atomic mass is 10.4. The second-order valence-electron chi connectivity index (χ2n) is 3.92. The Kier molecular flexibility index (Phi) is 5.76. The van der Waals surface area contributed by atoms with E-state index in [1.54, 1.807) is 6.92 Å². The van der Waals surface area contributed by atoms with E-state index in [2.05, 4.69) is 15.3 Å².